The summed E-state index contributed by atoms with van der Waals surface area (Å²) < 4.78 is 0. The summed E-state index contributed by atoms with van der Waals surface area (Å²) in [6.45, 7) is 0. The molecule has 2 atom stereocenters. The van der Waals surface area contributed by atoms with Crippen LogP contribution < -0.4 is 5.32 Å². The van der Waals surface area contributed by atoms with Gasteiger partial charge in [0.25, 0.3) is 0 Å². The third-order valence-corrected chi connectivity index (χ3v) is 3.71. The molecule has 1 aliphatic rings. The molecule has 2 rings (SSSR count). The summed E-state index contributed by atoms with van der Waals surface area (Å²) >= 11 is 6.11. The number of aromatic nitrogens is 1. The van der Waals surface area contributed by atoms with E-state index >= 15 is 0 Å². The molecule has 0 radical (unpaired) electrons. The predicted octanol–water partition coefficient (Wildman–Crippen LogP) is 2.67. The molecule has 0 bridgehead atoms. The van der Waals surface area contributed by atoms with Crippen LogP contribution in [-0.2, 0) is 6.42 Å². The number of hydrogen-bond donors (Lipinski definition) is 1. The molecule has 2 nitrogen and oxygen atoms in total. The van der Waals surface area contributed by atoms with Gasteiger partial charge >= 0.3 is 0 Å². The predicted molar refractivity (Wildman–Crippen MR) is 63.1 cm³/mol. The zero-order chi connectivity index (χ0) is 10.7. The maximum Gasteiger partial charge on any atom is 0.0621 e. The molecule has 15 heavy (non-hydrogen) atoms. The van der Waals surface area contributed by atoms with Gasteiger partial charge in [0.15, 0.2) is 0 Å². The molecule has 1 aliphatic carbocycles. The SMILES string of the molecule is CNC1CCCC1Cc1ccncc1Cl. The number of nitrogens with zero attached hydrogens (tertiary/aromatic N) is 1. The van der Waals surface area contributed by atoms with E-state index in [4.69, 9.17) is 11.6 Å². The molecule has 2 unspecified atom stereocenters. The van der Waals surface area contributed by atoms with Gasteiger partial charge in [-0.05, 0) is 43.9 Å². The zero-order valence-electron chi connectivity index (χ0n) is 9.04. The van der Waals surface area contributed by atoms with Crippen molar-refractivity contribution in [1.29, 1.82) is 0 Å². The van der Waals surface area contributed by atoms with E-state index in [1.807, 2.05) is 12.3 Å². The molecule has 82 valence electrons. The Labute approximate surface area is 96.1 Å². The Morgan fingerprint density at radius 2 is 2.40 bits per heavy atom. The molecular weight excluding hydrogens is 208 g/mol. The summed E-state index contributed by atoms with van der Waals surface area (Å²) in [5, 5.41) is 4.20. The van der Waals surface area contributed by atoms with E-state index in [9.17, 15) is 0 Å². The quantitative estimate of drug-likeness (QED) is 0.854. The summed E-state index contributed by atoms with van der Waals surface area (Å²) in [5.41, 5.74) is 1.24. The van der Waals surface area contributed by atoms with Gasteiger partial charge in [0.1, 0.15) is 0 Å². The molecule has 1 fully saturated rings. The largest absolute Gasteiger partial charge is 0.317 e. The minimum atomic E-state index is 0.661. The average molecular weight is 225 g/mol. The smallest absolute Gasteiger partial charge is 0.0621 e. The van der Waals surface area contributed by atoms with E-state index in [1.165, 1.54) is 24.8 Å². The first-order valence-corrected chi connectivity index (χ1v) is 5.94. The summed E-state index contributed by atoms with van der Waals surface area (Å²) in [6.07, 6.45) is 8.57. The molecule has 0 spiro atoms. The highest BCUT2D eigenvalue weighted by atomic mass is 35.5. The summed E-state index contributed by atoms with van der Waals surface area (Å²) in [4.78, 5) is 4.01. The van der Waals surface area contributed by atoms with Crippen LogP contribution in [0.25, 0.3) is 0 Å². The van der Waals surface area contributed by atoms with Crippen LogP contribution in [0.3, 0.4) is 0 Å². The van der Waals surface area contributed by atoms with Gasteiger partial charge in [-0.2, -0.15) is 0 Å². The van der Waals surface area contributed by atoms with Gasteiger partial charge < -0.3 is 5.32 Å². The Morgan fingerprint density at radius 1 is 1.53 bits per heavy atom. The van der Waals surface area contributed by atoms with Crippen molar-refractivity contribution >= 4 is 11.6 Å². The van der Waals surface area contributed by atoms with Crippen LogP contribution in [0.5, 0.6) is 0 Å². The molecule has 0 saturated heterocycles. The van der Waals surface area contributed by atoms with E-state index < -0.39 is 0 Å². The Hall–Kier alpha value is -0.600. The molecule has 1 aromatic heterocycles. The molecule has 3 heteroatoms. The molecule has 0 aromatic carbocycles. The molecular formula is C12H17ClN2. The van der Waals surface area contributed by atoms with Crippen molar-refractivity contribution in [2.45, 2.75) is 31.7 Å². The minimum absolute atomic E-state index is 0.661. The first kappa shape index (κ1) is 10.9. The van der Waals surface area contributed by atoms with E-state index in [2.05, 4.69) is 17.3 Å². The third-order valence-electron chi connectivity index (χ3n) is 3.37. The normalized spacial score (nSPS) is 25.7. The Balaban J connectivity index is 2.05. The van der Waals surface area contributed by atoms with Crippen LogP contribution in [0.1, 0.15) is 24.8 Å². The van der Waals surface area contributed by atoms with Gasteiger partial charge in [0, 0.05) is 18.4 Å². The van der Waals surface area contributed by atoms with Crippen molar-refractivity contribution in [3.63, 3.8) is 0 Å². The second-order valence-corrected chi connectivity index (χ2v) is 4.66. The Kier molecular flexibility index (Phi) is 3.60. The lowest BCUT2D eigenvalue weighted by Crippen LogP contribution is -2.30. The highest BCUT2D eigenvalue weighted by Gasteiger charge is 2.26. The van der Waals surface area contributed by atoms with Gasteiger partial charge in [-0.25, -0.2) is 0 Å². The van der Waals surface area contributed by atoms with E-state index in [-0.39, 0.29) is 0 Å². The first-order valence-electron chi connectivity index (χ1n) is 5.57. The molecule has 1 N–H and O–H groups in total. The summed E-state index contributed by atoms with van der Waals surface area (Å²) in [5.74, 6) is 0.731. The van der Waals surface area contributed by atoms with Crippen molar-refractivity contribution in [3.05, 3.63) is 29.0 Å². The number of pyridine rings is 1. The van der Waals surface area contributed by atoms with Crippen molar-refractivity contribution in [2.24, 2.45) is 5.92 Å². The number of halogens is 1. The fourth-order valence-corrected chi connectivity index (χ4v) is 2.71. The van der Waals surface area contributed by atoms with Crippen LogP contribution in [0, 0.1) is 5.92 Å². The summed E-state index contributed by atoms with van der Waals surface area (Å²) in [6, 6.07) is 2.70. The Bertz CT molecular complexity index is 327. The van der Waals surface area contributed by atoms with Crippen LogP contribution in [0.2, 0.25) is 5.02 Å². The minimum Gasteiger partial charge on any atom is -0.317 e. The lowest BCUT2D eigenvalue weighted by Gasteiger charge is -2.19. The highest BCUT2D eigenvalue weighted by molar-refractivity contribution is 6.31. The molecule has 0 amide bonds. The lowest BCUT2D eigenvalue weighted by molar-refractivity contribution is 0.423. The molecule has 0 aliphatic heterocycles. The molecule has 1 heterocycles. The van der Waals surface area contributed by atoms with Crippen LogP contribution >= 0.6 is 11.6 Å². The second kappa shape index (κ2) is 4.95. The first-order chi connectivity index (χ1) is 7.31. The van der Waals surface area contributed by atoms with Gasteiger partial charge in [0.2, 0.25) is 0 Å². The van der Waals surface area contributed by atoms with Gasteiger partial charge in [-0.15, -0.1) is 0 Å². The van der Waals surface area contributed by atoms with Crippen molar-refractivity contribution in [2.75, 3.05) is 7.05 Å². The average Bonchev–Trinajstić information content (AvgIpc) is 2.69. The molecule has 1 aromatic rings. The topological polar surface area (TPSA) is 24.9 Å². The van der Waals surface area contributed by atoms with Crippen molar-refractivity contribution in [3.8, 4) is 0 Å². The maximum atomic E-state index is 6.11. The number of rotatable bonds is 3. The fourth-order valence-electron chi connectivity index (χ4n) is 2.51. The van der Waals surface area contributed by atoms with Crippen molar-refractivity contribution < 1.29 is 0 Å². The van der Waals surface area contributed by atoms with Gasteiger partial charge in [0.05, 0.1) is 5.02 Å². The van der Waals surface area contributed by atoms with Crippen LogP contribution in [0.4, 0.5) is 0 Å². The Morgan fingerprint density at radius 3 is 3.13 bits per heavy atom. The standard InChI is InChI=1S/C12H17ClN2/c1-14-12-4-2-3-10(12)7-9-5-6-15-8-11(9)13/h5-6,8,10,12,14H,2-4,7H2,1H3. The summed E-state index contributed by atoms with van der Waals surface area (Å²) in [7, 11) is 2.05. The third kappa shape index (κ3) is 2.50. The van der Waals surface area contributed by atoms with E-state index in [0.717, 1.165) is 17.4 Å². The maximum absolute atomic E-state index is 6.11. The molecule has 1 saturated carbocycles. The van der Waals surface area contributed by atoms with Crippen molar-refractivity contribution in [1.82, 2.24) is 10.3 Å². The lowest BCUT2D eigenvalue weighted by atomic mass is 9.95. The van der Waals surface area contributed by atoms with E-state index in [0.29, 0.717) is 6.04 Å². The van der Waals surface area contributed by atoms with Crippen LogP contribution in [0.15, 0.2) is 18.5 Å². The zero-order valence-corrected chi connectivity index (χ0v) is 9.80. The monoisotopic (exact) mass is 224 g/mol. The fraction of sp³-hybridized carbons (Fsp3) is 0.583. The highest BCUT2D eigenvalue weighted by Crippen LogP contribution is 2.30. The van der Waals surface area contributed by atoms with Gasteiger partial charge in [-0.3, -0.25) is 4.98 Å². The van der Waals surface area contributed by atoms with Crippen LogP contribution in [-0.4, -0.2) is 18.1 Å². The number of hydrogen-bond acceptors (Lipinski definition) is 2. The number of nitrogens with one attached hydrogen (secondary N) is 1. The van der Waals surface area contributed by atoms with E-state index in [1.54, 1.807) is 6.20 Å². The second-order valence-electron chi connectivity index (χ2n) is 4.26. The van der Waals surface area contributed by atoms with Gasteiger partial charge in [-0.1, -0.05) is 18.0 Å².